The topological polar surface area (TPSA) is 168 Å². The number of aliphatic hydroxyl groups excluding tert-OH is 5. The highest BCUT2D eigenvalue weighted by molar-refractivity contribution is 5.86. The van der Waals surface area contributed by atoms with Gasteiger partial charge in [-0.1, -0.05) is 0 Å². The Bertz CT molecular complexity index is 427. The van der Waals surface area contributed by atoms with Crippen molar-refractivity contribution >= 4 is 12.3 Å². The lowest BCUT2D eigenvalue weighted by molar-refractivity contribution is -0.136. The van der Waals surface area contributed by atoms with Crippen molar-refractivity contribution in [2.45, 2.75) is 24.4 Å². The number of carboxylic acid groups (broad SMARTS) is 1. The molecule has 1 aromatic heterocycles. The van der Waals surface area contributed by atoms with Crippen LogP contribution in [0.3, 0.4) is 0 Å². The minimum atomic E-state index is -1.79. The van der Waals surface area contributed by atoms with Crippen LogP contribution in [0.1, 0.15) is 10.4 Å². The van der Waals surface area contributed by atoms with Gasteiger partial charge in [-0.15, -0.1) is 0 Å². The molecule has 1 heterocycles. The molecule has 21 heavy (non-hydrogen) atoms. The van der Waals surface area contributed by atoms with Gasteiger partial charge in [-0.2, -0.15) is 0 Å². The highest BCUT2D eigenvalue weighted by Gasteiger charge is 2.29. The van der Waals surface area contributed by atoms with Crippen LogP contribution in [0.5, 0.6) is 0 Å². The smallest absolute Gasteiger partial charge is 0.337 e. The van der Waals surface area contributed by atoms with Crippen LogP contribution in [0.15, 0.2) is 24.5 Å². The van der Waals surface area contributed by atoms with Crippen LogP contribution in [0, 0.1) is 0 Å². The van der Waals surface area contributed by atoms with Crippen LogP contribution in [-0.4, -0.2) is 78.9 Å². The Morgan fingerprint density at radius 3 is 2.19 bits per heavy atom. The van der Waals surface area contributed by atoms with Crippen molar-refractivity contribution in [3.63, 3.8) is 0 Å². The summed E-state index contributed by atoms with van der Waals surface area (Å²) in [6.07, 6.45) is -4.00. The maximum atomic E-state index is 10.2. The van der Waals surface area contributed by atoms with E-state index in [-0.39, 0.29) is 11.8 Å². The third kappa shape index (κ3) is 6.88. The second kappa shape index (κ2) is 9.91. The maximum absolute atomic E-state index is 10.2. The van der Waals surface area contributed by atoms with E-state index in [0.717, 1.165) is 0 Å². The Balaban J connectivity index is 0.000000394. The van der Waals surface area contributed by atoms with E-state index in [0.29, 0.717) is 0 Å². The van der Waals surface area contributed by atoms with Crippen LogP contribution in [0.2, 0.25) is 0 Å². The second-order valence-electron chi connectivity index (χ2n) is 3.90. The number of pyridine rings is 1. The summed E-state index contributed by atoms with van der Waals surface area (Å²) in [5, 5.41) is 51.9. The van der Waals surface area contributed by atoms with E-state index in [1.807, 2.05) is 0 Å². The van der Waals surface area contributed by atoms with Gasteiger partial charge >= 0.3 is 5.97 Å². The van der Waals surface area contributed by atoms with E-state index in [1.165, 1.54) is 18.5 Å². The van der Waals surface area contributed by atoms with Crippen LogP contribution >= 0.6 is 0 Å². The number of hydrogen-bond acceptors (Lipinski definition) is 8. The molecule has 0 spiro atoms. The zero-order valence-corrected chi connectivity index (χ0v) is 10.9. The molecule has 0 aliphatic carbocycles. The first kappa shape index (κ1) is 19.1. The number of aliphatic hydroxyl groups is 5. The lowest BCUT2D eigenvalue weighted by Crippen LogP contribution is -2.46. The van der Waals surface area contributed by atoms with Crippen LogP contribution < -0.4 is 0 Å². The summed E-state index contributed by atoms with van der Waals surface area (Å²) in [6.45, 7) is -0.760. The predicted octanol–water partition coefficient (Wildman–Crippen LogP) is -2.60. The van der Waals surface area contributed by atoms with Crippen LogP contribution in [-0.2, 0) is 4.79 Å². The molecule has 0 fully saturated rings. The molecule has 118 valence electrons. The normalized spacial score (nSPS) is 15.9. The molecule has 0 amide bonds. The van der Waals surface area contributed by atoms with E-state index < -0.39 is 37.0 Å². The van der Waals surface area contributed by atoms with Crippen molar-refractivity contribution in [1.82, 2.24) is 4.98 Å². The number of aromatic carboxylic acids is 1. The van der Waals surface area contributed by atoms with Gasteiger partial charge in [-0.05, 0) is 12.1 Å². The van der Waals surface area contributed by atoms with Gasteiger partial charge in [-0.3, -0.25) is 4.98 Å². The Labute approximate surface area is 119 Å². The largest absolute Gasteiger partial charge is 0.478 e. The number of carboxylic acids is 1. The summed E-state index contributed by atoms with van der Waals surface area (Å²) >= 11 is 0. The average Bonchev–Trinajstić information content (AvgIpc) is 2.53. The number of aldehydes is 1. The third-order valence-corrected chi connectivity index (χ3v) is 2.33. The molecule has 1 rings (SSSR count). The Kier molecular flexibility index (Phi) is 9.01. The highest BCUT2D eigenvalue weighted by Crippen LogP contribution is 2.02. The minimum Gasteiger partial charge on any atom is -0.478 e. The van der Waals surface area contributed by atoms with Crippen molar-refractivity contribution in [2.24, 2.45) is 0 Å². The van der Waals surface area contributed by atoms with Gasteiger partial charge in [0.05, 0.1) is 12.2 Å². The first-order valence-corrected chi connectivity index (χ1v) is 5.76. The molecule has 0 bridgehead atoms. The molecule has 0 radical (unpaired) electrons. The summed E-state index contributed by atoms with van der Waals surface area (Å²) < 4.78 is 0. The molecule has 1 aromatic rings. The van der Waals surface area contributed by atoms with Crippen molar-refractivity contribution < 1.29 is 40.2 Å². The molecule has 0 saturated heterocycles. The van der Waals surface area contributed by atoms with Gasteiger partial charge in [0.25, 0.3) is 0 Å². The first-order chi connectivity index (χ1) is 9.84. The number of nitrogens with zero attached hydrogens (tertiary/aromatic N) is 1. The molecule has 4 atom stereocenters. The van der Waals surface area contributed by atoms with Gasteiger partial charge in [-0.25, -0.2) is 4.79 Å². The maximum Gasteiger partial charge on any atom is 0.337 e. The number of aromatic nitrogens is 1. The van der Waals surface area contributed by atoms with Crippen molar-refractivity contribution in [3.8, 4) is 0 Å². The number of carbonyl (C=O) groups is 2. The van der Waals surface area contributed by atoms with E-state index in [9.17, 15) is 9.59 Å². The van der Waals surface area contributed by atoms with Gasteiger partial charge in [0.1, 0.15) is 24.4 Å². The highest BCUT2D eigenvalue weighted by atomic mass is 16.4. The van der Waals surface area contributed by atoms with E-state index in [1.54, 1.807) is 6.07 Å². The fourth-order valence-electron chi connectivity index (χ4n) is 1.11. The molecule has 0 aromatic carbocycles. The molecule has 6 N–H and O–H groups in total. The number of hydrogen-bond donors (Lipinski definition) is 6. The summed E-state index contributed by atoms with van der Waals surface area (Å²) in [5.41, 5.74) is 0.220. The number of rotatable bonds is 6. The first-order valence-electron chi connectivity index (χ1n) is 5.76. The monoisotopic (exact) mass is 303 g/mol. The molecule has 9 nitrogen and oxygen atoms in total. The van der Waals surface area contributed by atoms with Gasteiger partial charge in [0, 0.05) is 12.4 Å². The van der Waals surface area contributed by atoms with Gasteiger partial charge < -0.3 is 35.4 Å². The zero-order valence-electron chi connectivity index (χ0n) is 10.9. The van der Waals surface area contributed by atoms with Crippen molar-refractivity contribution in [1.29, 1.82) is 0 Å². The molecule has 0 saturated carbocycles. The SMILES string of the molecule is O=C(O)c1cccnc1.O=CC(O)C(O)C(O)C(O)CO. The van der Waals surface area contributed by atoms with Crippen LogP contribution in [0.25, 0.3) is 0 Å². The molecule has 0 aliphatic heterocycles. The lowest BCUT2D eigenvalue weighted by Gasteiger charge is -2.22. The third-order valence-electron chi connectivity index (χ3n) is 2.33. The minimum absolute atomic E-state index is 0.0258. The van der Waals surface area contributed by atoms with E-state index in [4.69, 9.17) is 30.6 Å². The molecule has 9 heteroatoms. The molecule has 0 aliphatic rings. The fourth-order valence-corrected chi connectivity index (χ4v) is 1.11. The lowest BCUT2D eigenvalue weighted by atomic mass is 10.0. The van der Waals surface area contributed by atoms with E-state index >= 15 is 0 Å². The summed E-state index contributed by atoms with van der Waals surface area (Å²) in [7, 11) is 0. The average molecular weight is 303 g/mol. The van der Waals surface area contributed by atoms with Crippen molar-refractivity contribution in [2.75, 3.05) is 6.61 Å². The van der Waals surface area contributed by atoms with Gasteiger partial charge in [0.2, 0.25) is 0 Å². The number of carbonyl (C=O) groups excluding carboxylic acids is 1. The molecular weight excluding hydrogens is 286 g/mol. The second-order valence-corrected chi connectivity index (χ2v) is 3.90. The Hall–Kier alpha value is -1.91. The quantitative estimate of drug-likeness (QED) is 0.308. The Morgan fingerprint density at radius 1 is 1.24 bits per heavy atom. The predicted molar refractivity (Wildman–Crippen MR) is 68.4 cm³/mol. The molecular formula is C12H17NO8. The summed E-state index contributed by atoms with van der Waals surface area (Å²) in [4.78, 5) is 23.7. The summed E-state index contributed by atoms with van der Waals surface area (Å²) in [6, 6.07) is 3.08. The van der Waals surface area contributed by atoms with E-state index in [2.05, 4.69) is 4.98 Å². The van der Waals surface area contributed by atoms with Crippen molar-refractivity contribution in [3.05, 3.63) is 30.1 Å². The Morgan fingerprint density at radius 2 is 1.86 bits per heavy atom. The fraction of sp³-hybridized carbons (Fsp3) is 0.417. The van der Waals surface area contributed by atoms with Gasteiger partial charge in [0.15, 0.2) is 6.29 Å². The summed E-state index contributed by atoms with van der Waals surface area (Å²) in [5.74, 6) is -0.942. The van der Waals surface area contributed by atoms with Crippen LogP contribution in [0.4, 0.5) is 0 Å². The molecule has 4 unspecified atom stereocenters. The standard InChI is InChI=1S/C6H5NO2.C6H12O6/c8-6(9)5-2-1-3-7-4-5;7-1-3(9)5(11)6(12)4(10)2-8/h1-4H,(H,8,9);1,3-6,8-12H,2H2. The zero-order chi connectivity index (χ0) is 16.4.